The molecule has 0 aliphatic heterocycles. The van der Waals surface area contributed by atoms with Gasteiger partial charge in [-0.25, -0.2) is 4.79 Å². The Bertz CT molecular complexity index is 251. The van der Waals surface area contributed by atoms with Crippen LogP contribution in [-0.4, -0.2) is 22.7 Å². The second kappa shape index (κ2) is 13.4. The van der Waals surface area contributed by atoms with E-state index in [9.17, 15) is 4.79 Å². The first-order chi connectivity index (χ1) is 5.72. The summed E-state index contributed by atoms with van der Waals surface area (Å²) in [5.74, 6) is -0.899. The molecular weight excluding hydrogens is 338 g/mol. The Kier molecular flexibility index (Phi) is 19.0. The molecule has 14 heavy (non-hydrogen) atoms. The van der Waals surface area contributed by atoms with Gasteiger partial charge in [-0.3, -0.25) is 4.79 Å². The van der Waals surface area contributed by atoms with Gasteiger partial charge in [-0.1, -0.05) is 0 Å². The van der Waals surface area contributed by atoms with E-state index in [0.717, 1.165) is 0 Å². The van der Waals surface area contributed by atoms with Gasteiger partial charge in [-0.15, -0.1) is 0 Å². The van der Waals surface area contributed by atoms with E-state index in [0.29, 0.717) is 5.56 Å². The molecule has 0 aliphatic rings. The fourth-order valence-electron chi connectivity index (χ4n) is 0.529. The summed E-state index contributed by atoms with van der Waals surface area (Å²) in [5, 5.41) is 15.3. The van der Waals surface area contributed by atoms with Crippen LogP contribution < -0.4 is 0 Å². The van der Waals surface area contributed by atoms with Gasteiger partial charge in [0.25, 0.3) is 6.47 Å². The molecular formula is C8H7O4Y2-. The van der Waals surface area contributed by atoms with E-state index >= 15 is 0 Å². The average Bonchev–Trinajstić information content (AvgIpc) is 2.07. The fourth-order valence-corrected chi connectivity index (χ4v) is 0.529. The number of aromatic carboxylic acids is 1. The Hall–Kier alpha value is 0.368. The third-order valence-corrected chi connectivity index (χ3v) is 0.965. The van der Waals surface area contributed by atoms with Crippen molar-refractivity contribution in [3.8, 4) is 0 Å². The van der Waals surface area contributed by atoms with Gasteiger partial charge in [0.1, 0.15) is 0 Å². The molecule has 1 rings (SSSR count). The van der Waals surface area contributed by atoms with Gasteiger partial charge in [-0.2, -0.15) is 30.3 Å². The van der Waals surface area contributed by atoms with Crippen molar-refractivity contribution in [2.45, 2.75) is 0 Å². The second-order valence-corrected chi connectivity index (χ2v) is 1.70. The monoisotopic (exact) mass is 345 g/mol. The zero-order chi connectivity index (χ0) is 9.40. The number of rotatable bonds is 1. The van der Waals surface area contributed by atoms with Crippen LogP contribution in [0.5, 0.6) is 0 Å². The first-order valence-corrected chi connectivity index (χ1v) is 2.99. The van der Waals surface area contributed by atoms with E-state index in [-0.39, 0.29) is 71.9 Å². The normalized spacial score (nSPS) is 6.57. The van der Waals surface area contributed by atoms with Crippen molar-refractivity contribution in [2.24, 2.45) is 0 Å². The van der Waals surface area contributed by atoms with E-state index < -0.39 is 5.97 Å². The SMILES string of the molecule is O=C(O)c1cc[c-]cc1.O=CO.[Y].[Y]. The molecule has 0 amide bonds. The van der Waals surface area contributed by atoms with Crippen LogP contribution in [0.1, 0.15) is 10.4 Å². The van der Waals surface area contributed by atoms with Crippen LogP contribution in [0.2, 0.25) is 0 Å². The van der Waals surface area contributed by atoms with Crippen molar-refractivity contribution in [2.75, 3.05) is 0 Å². The van der Waals surface area contributed by atoms with E-state index in [1.54, 1.807) is 12.1 Å². The summed E-state index contributed by atoms with van der Waals surface area (Å²) in [6.45, 7) is -0.250. The predicted octanol–water partition coefficient (Wildman–Crippen LogP) is 0.881. The zero-order valence-corrected chi connectivity index (χ0v) is 12.9. The Balaban J connectivity index is -0.000000218. The van der Waals surface area contributed by atoms with Crippen LogP contribution >= 0.6 is 0 Å². The van der Waals surface area contributed by atoms with Crippen molar-refractivity contribution in [3.63, 3.8) is 0 Å². The smallest absolute Gasteiger partial charge is 0.311 e. The summed E-state index contributed by atoms with van der Waals surface area (Å²) in [4.78, 5) is 18.5. The summed E-state index contributed by atoms with van der Waals surface area (Å²) in [5.41, 5.74) is 0.300. The molecule has 70 valence electrons. The average molecular weight is 345 g/mol. The molecule has 2 N–H and O–H groups in total. The summed E-state index contributed by atoms with van der Waals surface area (Å²) in [6.07, 6.45) is 0. The first-order valence-electron chi connectivity index (χ1n) is 2.99. The van der Waals surface area contributed by atoms with Crippen molar-refractivity contribution in [1.82, 2.24) is 0 Å². The van der Waals surface area contributed by atoms with E-state index in [1.807, 2.05) is 0 Å². The third-order valence-electron chi connectivity index (χ3n) is 0.965. The van der Waals surface area contributed by atoms with E-state index in [2.05, 4.69) is 6.07 Å². The number of hydrogen-bond donors (Lipinski definition) is 2. The summed E-state index contributed by atoms with van der Waals surface area (Å²) in [6, 6.07) is 8.87. The van der Waals surface area contributed by atoms with Gasteiger partial charge in [-0.05, 0) is 5.56 Å². The van der Waals surface area contributed by atoms with Crippen molar-refractivity contribution in [1.29, 1.82) is 0 Å². The molecule has 0 unspecified atom stereocenters. The molecule has 0 atom stereocenters. The van der Waals surface area contributed by atoms with Gasteiger partial charge < -0.3 is 10.2 Å². The summed E-state index contributed by atoms with van der Waals surface area (Å²) < 4.78 is 0. The van der Waals surface area contributed by atoms with Crippen molar-refractivity contribution >= 4 is 12.4 Å². The molecule has 0 aromatic heterocycles. The minimum Gasteiger partial charge on any atom is -0.483 e. The van der Waals surface area contributed by atoms with Crippen LogP contribution in [0.25, 0.3) is 0 Å². The molecule has 0 saturated heterocycles. The largest absolute Gasteiger partial charge is 0.483 e. The molecule has 0 aliphatic carbocycles. The van der Waals surface area contributed by atoms with Crippen LogP contribution in [0.3, 0.4) is 0 Å². The Morgan fingerprint density at radius 2 is 1.64 bits per heavy atom. The van der Waals surface area contributed by atoms with E-state index in [1.165, 1.54) is 12.1 Å². The number of carbonyl (C=O) groups is 2. The van der Waals surface area contributed by atoms with Gasteiger partial charge in [0.05, 0.1) is 0 Å². The quantitative estimate of drug-likeness (QED) is 0.586. The first kappa shape index (κ1) is 19.9. The molecule has 2 radical (unpaired) electrons. The van der Waals surface area contributed by atoms with Gasteiger partial charge in [0.15, 0.2) is 0 Å². The maximum absolute atomic E-state index is 10.2. The van der Waals surface area contributed by atoms with Crippen LogP contribution in [-0.2, 0) is 70.2 Å². The van der Waals surface area contributed by atoms with Gasteiger partial charge in [0, 0.05) is 65.4 Å². The van der Waals surface area contributed by atoms with Crippen molar-refractivity contribution < 1.29 is 85.2 Å². The summed E-state index contributed by atoms with van der Waals surface area (Å²) >= 11 is 0. The number of hydrogen-bond acceptors (Lipinski definition) is 2. The molecule has 0 heterocycles. The summed E-state index contributed by atoms with van der Waals surface area (Å²) in [7, 11) is 0. The van der Waals surface area contributed by atoms with Gasteiger partial charge >= 0.3 is 5.97 Å². The number of carboxylic acids is 1. The predicted molar refractivity (Wildman–Crippen MR) is 40.9 cm³/mol. The third kappa shape index (κ3) is 10.4. The maximum atomic E-state index is 10.2. The maximum Gasteiger partial charge on any atom is 0.311 e. The molecule has 0 fully saturated rings. The van der Waals surface area contributed by atoms with Crippen LogP contribution in [0.15, 0.2) is 24.3 Å². The van der Waals surface area contributed by atoms with Crippen LogP contribution in [0, 0.1) is 6.07 Å². The topological polar surface area (TPSA) is 74.6 Å². The minimum absolute atomic E-state index is 0. The Morgan fingerprint density at radius 1 is 1.29 bits per heavy atom. The molecule has 1 aromatic rings. The second-order valence-electron chi connectivity index (χ2n) is 1.70. The van der Waals surface area contributed by atoms with E-state index in [4.69, 9.17) is 15.0 Å². The molecule has 1 aromatic carbocycles. The minimum atomic E-state index is -0.899. The van der Waals surface area contributed by atoms with Crippen LogP contribution in [0.4, 0.5) is 0 Å². The molecule has 0 bridgehead atoms. The standard InChI is InChI=1S/C7H5O2.CH2O2.2Y/c8-7(9)6-4-2-1-3-5-6;2-1-3;;/h2-5H,(H,8,9);1H,(H,2,3);;/q-1;;;. The fraction of sp³-hybridized carbons (Fsp3) is 0. The van der Waals surface area contributed by atoms with Gasteiger partial charge in [0.2, 0.25) is 0 Å². The Labute approximate surface area is 132 Å². The van der Waals surface area contributed by atoms with Crippen molar-refractivity contribution in [3.05, 3.63) is 35.9 Å². The Morgan fingerprint density at radius 3 is 1.86 bits per heavy atom. The molecule has 6 heteroatoms. The molecule has 4 nitrogen and oxygen atoms in total. The zero-order valence-electron chi connectivity index (χ0n) is 7.25. The molecule has 0 spiro atoms. The molecule has 0 saturated carbocycles. The number of benzene rings is 1. The number of carboxylic acid groups (broad SMARTS) is 2.